The van der Waals surface area contributed by atoms with Crippen LogP contribution in [-0.4, -0.2) is 23.4 Å². The number of hydrogen-bond acceptors (Lipinski definition) is 3. The first-order chi connectivity index (χ1) is 10.4. The summed E-state index contributed by atoms with van der Waals surface area (Å²) in [6, 6.07) is 21.8. The van der Waals surface area contributed by atoms with Crippen LogP contribution in [-0.2, 0) is 6.42 Å². The van der Waals surface area contributed by atoms with Gasteiger partial charge in [-0.2, -0.15) is 5.10 Å². The monoisotopic (exact) mass is 277 g/mol. The topological polar surface area (TPSA) is 18.8 Å². The molecule has 2 heterocycles. The molecule has 0 aliphatic carbocycles. The second-order valence-electron chi connectivity index (χ2n) is 5.74. The molecule has 21 heavy (non-hydrogen) atoms. The van der Waals surface area contributed by atoms with E-state index in [0.29, 0.717) is 6.04 Å². The molecule has 0 saturated carbocycles. The van der Waals surface area contributed by atoms with E-state index in [1.54, 1.807) is 0 Å². The summed E-state index contributed by atoms with van der Waals surface area (Å²) >= 11 is 0. The lowest BCUT2D eigenvalue weighted by Gasteiger charge is -2.24. The summed E-state index contributed by atoms with van der Waals surface area (Å²) < 4.78 is 0. The van der Waals surface area contributed by atoms with Crippen LogP contribution in [0.3, 0.4) is 0 Å². The molecule has 2 aliphatic heterocycles. The number of rotatable bonds is 3. The second-order valence-corrected chi connectivity index (χ2v) is 5.74. The maximum atomic E-state index is 4.79. The van der Waals surface area contributed by atoms with E-state index in [-0.39, 0.29) is 0 Å². The SMILES string of the molecule is c1ccc(C[C@@H]2CCC3=NN(c4ccccc4)CN32)cc1. The predicted octanol–water partition coefficient (Wildman–Crippen LogP) is 3.48. The first-order valence-electron chi connectivity index (χ1n) is 7.61. The number of anilines is 1. The van der Waals surface area contributed by atoms with Crippen molar-refractivity contribution in [1.29, 1.82) is 0 Å². The number of nitrogens with zero attached hydrogens (tertiary/aromatic N) is 3. The molecule has 0 aromatic heterocycles. The summed E-state index contributed by atoms with van der Waals surface area (Å²) in [5, 5.41) is 6.91. The third kappa shape index (κ3) is 2.40. The lowest BCUT2D eigenvalue weighted by Crippen LogP contribution is -2.35. The normalized spacial score (nSPS) is 20.6. The average Bonchev–Trinajstić information content (AvgIpc) is 3.11. The molecule has 0 amide bonds. The molecular formula is C18H19N3. The summed E-state index contributed by atoms with van der Waals surface area (Å²) in [4.78, 5) is 2.47. The Bertz CT molecular complexity index is 636. The smallest absolute Gasteiger partial charge is 0.127 e. The van der Waals surface area contributed by atoms with Crippen LogP contribution in [0.1, 0.15) is 18.4 Å². The van der Waals surface area contributed by atoms with Crippen molar-refractivity contribution >= 4 is 11.5 Å². The van der Waals surface area contributed by atoms with Gasteiger partial charge in [-0.25, -0.2) is 5.01 Å². The number of fused-ring (bicyclic) bond motifs is 1. The fraction of sp³-hybridized carbons (Fsp3) is 0.278. The van der Waals surface area contributed by atoms with Crippen molar-refractivity contribution in [3.05, 3.63) is 66.2 Å². The zero-order valence-corrected chi connectivity index (χ0v) is 12.0. The largest absolute Gasteiger partial charge is 0.336 e. The van der Waals surface area contributed by atoms with E-state index < -0.39 is 0 Å². The molecule has 3 heteroatoms. The van der Waals surface area contributed by atoms with Crippen molar-refractivity contribution < 1.29 is 0 Å². The Balaban J connectivity index is 1.49. The minimum atomic E-state index is 0.583. The van der Waals surface area contributed by atoms with Gasteiger partial charge in [0.05, 0.1) is 5.69 Å². The number of para-hydroxylation sites is 1. The van der Waals surface area contributed by atoms with Crippen LogP contribution in [0.15, 0.2) is 65.8 Å². The molecule has 0 bridgehead atoms. The number of hydrazone groups is 1. The van der Waals surface area contributed by atoms with E-state index in [0.717, 1.165) is 19.5 Å². The Morgan fingerprint density at radius 1 is 0.952 bits per heavy atom. The fourth-order valence-electron chi connectivity index (χ4n) is 3.26. The summed E-state index contributed by atoms with van der Waals surface area (Å²) in [5.74, 6) is 1.25. The third-order valence-electron chi connectivity index (χ3n) is 4.36. The van der Waals surface area contributed by atoms with Gasteiger partial charge in [0.2, 0.25) is 0 Å². The second kappa shape index (κ2) is 5.24. The predicted molar refractivity (Wildman–Crippen MR) is 86.2 cm³/mol. The maximum Gasteiger partial charge on any atom is 0.127 e. The molecule has 1 atom stereocenters. The quantitative estimate of drug-likeness (QED) is 0.855. The van der Waals surface area contributed by atoms with Gasteiger partial charge in [-0.1, -0.05) is 48.5 Å². The summed E-state index contributed by atoms with van der Waals surface area (Å²) in [6.45, 7) is 0.886. The zero-order valence-electron chi connectivity index (χ0n) is 12.0. The summed E-state index contributed by atoms with van der Waals surface area (Å²) in [5.41, 5.74) is 2.60. The first kappa shape index (κ1) is 12.5. The lowest BCUT2D eigenvalue weighted by molar-refractivity contribution is 0.350. The molecule has 4 rings (SSSR count). The molecule has 3 nitrogen and oxygen atoms in total. The first-order valence-corrected chi connectivity index (χ1v) is 7.61. The van der Waals surface area contributed by atoms with Crippen LogP contribution >= 0.6 is 0 Å². The van der Waals surface area contributed by atoms with Gasteiger partial charge in [0, 0.05) is 12.5 Å². The minimum absolute atomic E-state index is 0.583. The number of benzene rings is 2. The van der Waals surface area contributed by atoms with Gasteiger partial charge in [0.15, 0.2) is 0 Å². The lowest BCUT2D eigenvalue weighted by atomic mass is 10.0. The van der Waals surface area contributed by atoms with Gasteiger partial charge in [-0.3, -0.25) is 0 Å². The molecule has 1 saturated heterocycles. The average molecular weight is 277 g/mol. The van der Waals surface area contributed by atoms with E-state index in [4.69, 9.17) is 5.10 Å². The highest BCUT2D eigenvalue weighted by molar-refractivity contribution is 5.87. The van der Waals surface area contributed by atoms with Crippen LogP contribution in [0.25, 0.3) is 0 Å². The van der Waals surface area contributed by atoms with Crippen molar-refractivity contribution in [3.63, 3.8) is 0 Å². The van der Waals surface area contributed by atoms with Gasteiger partial charge in [0.25, 0.3) is 0 Å². The molecule has 0 spiro atoms. The van der Waals surface area contributed by atoms with Crippen molar-refractivity contribution in [2.75, 3.05) is 11.7 Å². The molecular weight excluding hydrogens is 258 g/mol. The standard InChI is InChI=1S/C18H19N3/c1-3-7-15(8-4-1)13-17-11-12-18-19-21(14-20(17)18)16-9-5-2-6-10-16/h1-10,17H,11-14H2/t17-/m0/s1. The molecule has 2 aliphatic rings. The Kier molecular flexibility index (Phi) is 3.11. The summed E-state index contributed by atoms with van der Waals surface area (Å²) in [6.07, 6.45) is 3.43. The van der Waals surface area contributed by atoms with Gasteiger partial charge in [-0.15, -0.1) is 0 Å². The third-order valence-corrected chi connectivity index (χ3v) is 4.36. The molecule has 0 radical (unpaired) electrons. The van der Waals surface area contributed by atoms with Crippen molar-refractivity contribution in [2.24, 2.45) is 5.10 Å². The molecule has 0 N–H and O–H groups in total. The van der Waals surface area contributed by atoms with Crippen LogP contribution in [0, 0.1) is 0 Å². The van der Waals surface area contributed by atoms with Crippen molar-refractivity contribution in [3.8, 4) is 0 Å². The van der Waals surface area contributed by atoms with Crippen LogP contribution in [0.2, 0.25) is 0 Å². The van der Waals surface area contributed by atoms with E-state index in [1.165, 1.54) is 23.5 Å². The van der Waals surface area contributed by atoms with Gasteiger partial charge < -0.3 is 4.90 Å². The van der Waals surface area contributed by atoms with E-state index in [9.17, 15) is 0 Å². The van der Waals surface area contributed by atoms with E-state index in [2.05, 4.69) is 64.5 Å². The highest BCUT2D eigenvalue weighted by Gasteiger charge is 2.35. The molecule has 2 aromatic rings. The Hall–Kier alpha value is -2.29. The Morgan fingerprint density at radius 2 is 1.67 bits per heavy atom. The number of hydrogen-bond donors (Lipinski definition) is 0. The van der Waals surface area contributed by atoms with Crippen LogP contribution in [0.4, 0.5) is 5.69 Å². The van der Waals surface area contributed by atoms with E-state index in [1.807, 2.05) is 6.07 Å². The highest BCUT2D eigenvalue weighted by atomic mass is 15.6. The molecule has 106 valence electrons. The Morgan fingerprint density at radius 3 is 2.43 bits per heavy atom. The van der Waals surface area contributed by atoms with Crippen LogP contribution in [0.5, 0.6) is 0 Å². The van der Waals surface area contributed by atoms with Crippen molar-refractivity contribution in [2.45, 2.75) is 25.3 Å². The van der Waals surface area contributed by atoms with Gasteiger partial charge in [0.1, 0.15) is 12.5 Å². The molecule has 0 unspecified atom stereocenters. The van der Waals surface area contributed by atoms with Crippen molar-refractivity contribution in [1.82, 2.24) is 4.90 Å². The van der Waals surface area contributed by atoms with Crippen LogP contribution < -0.4 is 5.01 Å². The minimum Gasteiger partial charge on any atom is -0.336 e. The maximum absolute atomic E-state index is 4.79. The zero-order chi connectivity index (χ0) is 14.1. The highest BCUT2D eigenvalue weighted by Crippen LogP contribution is 2.30. The van der Waals surface area contributed by atoms with Gasteiger partial charge >= 0.3 is 0 Å². The molecule has 2 aromatic carbocycles. The summed E-state index contributed by atoms with van der Waals surface area (Å²) in [7, 11) is 0. The Labute approximate surface area is 125 Å². The molecule has 1 fully saturated rings. The number of amidine groups is 1. The fourth-order valence-corrected chi connectivity index (χ4v) is 3.26. The van der Waals surface area contributed by atoms with E-state index >= 15 is 0 Å². The van der Waals surface area contributed by atoms with Gasteiger partial charge in [-0.05, 0) is 30.5 Å².